The van der Waals surface area contributed by atoms with Crippen LogP contribution in [-0.4, -0.2) is 17.3 Å². The first kappa shape index (κ1) is 15.0. The van der Waals surface area contributed by atoms with E-state index in [9.17, 15) is 14.9 Å². The molecule has 21 heavy (non-hydrogen) atoms. The van der Waals surface area contributed by atoms with Crippen LogP contribution in [0, 0.1) is 17.0 Å². The number of carbonyl (C=O) groups excluding carboxylic acids is 1. The Kier molecular flexibility index (Phi) is 4.55. The van der Waals surface area contributed by atoms with E-state index in [1.807, 2.05) is 0 Å². The number of hydrogen-bond acceptors (Lipinski definition) is 4. The Morgan fingerprint density at radius 3 is 2.67 bits per heavy atom. The van der Waals surface area contributed by atoms with Gasteiger partial charge in [-0.3, -0.25) is 14.9 Å². The predicted octanol–water partition coefficient (Wildman–Crippen LogP) is 3.82. The van der Waals surface area contributed by atoms with Crippen molar-refractivity contribution in [2.45, 2.75) is 6.92 Å². The van der Waals surface area contributed by atoms with E-state index in [-0.39, 0.29) is 18.1 Å². The molecule has 0 radical (unpaired) electrons. The molecule has 5 nitrogen and oxygen atoms in total. The van der Waals surface area contributed by atoms with Gasteiger partial charge in [-0.05, 0) is 30.7 Å². The number of ketones is 1. The molecule has 108 valence electrons. The van der Waals surface area contributed by atoms with Crippen LogP contribution >= 0.6 is 11.6 Å². The molecule has 0 aliphatic heterocycles. The van der Waals surface area contributed by atoms with Crippen LogP contribution < -0.4 is 4.74 Å². The summed E-state index contributed by atoms with van der Waals surface area (Å²) in [4.78, 5) is 22.2. The fourth-order valence-electron chi connectivity index (χ4n) is 1.77. The molecule has 0 aliphatic rings. The first-order valence-corrected chi connectivity index (χ1v) is 6.52. The fraction of sp³-hybridized carbons (Fsp3) is 0.133. The lowest BCUT2D eigenvalue weighted by Crippen LogP contribution is -2.12. The number of aryl methyl sites for hydroxylation is 1. The Morgan fingerprint density at radius 2 is 2.00 bits per heavy atom. The van der Waals surface area contributed by atoms with Crippen molar-refractivity contribution in [1.29, 1.82) is 0 Å². The van der Waals surface area contributed by atoms with Gasteiger partial charge in [-0.1, -0.05) is 23.7 Å². The van der Waals surface area contributed by atoms with E-state index in [2.05, 4.69) is 0 Å². The number of Topliss-reactive ketones (excluding diaryl/α,β-unsaturated/α-hetero) is 1. The minimum atomic E-state index is -0.512. The lowest BCUT2D eigenvalue weighted by molar-refractivity contribution is -0.384. The molecule has 0 amide bonds. The van der Waals surface area contributed by atoms with Crippen molar-refractivity contribution in [3.8, 4) is 5.75 Å². The van der Waals surface area contributed by atoms with Crippen molar-refractivity contribution in [2.24, 2.45) is 0 Å². The summed E-state index contributed by atoms with van der Waals surface area (Å²) in [5, 5.41) is 11.1. The molecule has 6 heteroatoms. The van der Waals surface area contributed by atoms with Gasteiger partial charge in [-0.2, -0.15) is 0 Å². The lowest BCUT2D eigenvalue weighted by Gasteiger charge is -2.09. The van der Waals surface area contributed by atoms with Gasteiger partial charge in [0.25, 0.3) is 5.69 Å². The largest absolute Gasteiger partial charge is 0.485 e. The smallest absolute Gasteiger partial charge is 0.273 e. The summed E-state index contributed by atoms with van der Waals surface area (Å²) < 4.78 is 5.39. The zero-order valence-electron chi connectivity index (χ0n) is 11.2. The first-order valence-electron chi connectivity index (χ1n) is 6.14. The number of carbonyl (C=O) groups is 1. The maximum absolute atomic E-state index is 12.0. The second-order valence-corrected chi connectivity index (χ2v) is 4.81. The molecular weight excluding hydrogens is 294 g/mol. The van der Waals surface area contributed by atoms with Crippen molar-refractivity contribution in [3.63, 3.8) is 0 Å². The van der Waals surface area contributed by atoms with Crippen molar-refractivity contribution in [3.05, 3.63) is 68.7 Å². The van der Waals surface area contributed by atoms with Crippen LogP contribution in [0.5, 0.6) is 5.75 Å². The summed E-state index contributed by atoms with van der Waals surface area (Å²) in [6.45, 7) is 1.52. The van der Waals surface area contributed by atoms with Crippen LogP contribution in [0.25, 0.3) is 0 Å². The molecular formula is C15H12ClNO4. The van der Waals surface area contributed by atoms with Gasteiger partial charge < -0.3 is 4.74 Å². The van der Waals surface area contributed by atoms with Gasteiger partial charge in [0.15, 0.2) is 6.61 Å². The molecule has 0 saturated heterocycles. The van der Waals surface area contributed by atoms with Crippen molar-refractivity contribution in [1.82, 2.24) is 0 Å². The molecule has 0 heterocycles. The Morgan fingerprint density at radius 1 is 1.29 bits per heavy atom. The summed E-state index contributed by atoms with van der Waals surface area (Å²) in [5.41, 5.74) is 0.996. The normalized spacial score (nSPS) is 10.2. The Labute approximate surface area is 126 Å². The molecule has 0 aromatic heterocycles. The highest BCUT2D eigenvalue weighted by Crippen LogP contribution is 2.24. The number of ether oxygens (including phenoxy) is 1. The molecule has 0 saturated carbocycles. The van der Waals surface area contributed by atoms with E-state index in [0.717, 1.165) is 0 Å². The van der Waals surface area contributed by atoms with Gasteiger partial charge >= 0.3 is 0 Å². The topological polar surface area (TPSA) is 69.4 Å². The lowest BCUT2D eigenvalue weighted by atomic mass is 10.1. The highest BCUT2D eigenvalue weighted by Gasteiger charge is 2.13. The summed E-state index contributed by atoms with van der Waals surface area (Å²) in [6.07, 6.45) is 0. The third-order valence-corrected chi connectivity index (χ3v) is 3.25. The van der Waals surface area contributed by atoms with Gasteiger partial charge in [0.1, 0.15) is 5.75 Å². The van der Waals surface area contributed by atoms with Crippen molar-refractivity contribution < 1.29 is 14.5 Å². The molecule has 0 bridgehead atoms. The van der Waals surface area contributed by atoms with E-state index in [1.54, 1.807) is 37.3 Å². The molecule has 0 aliphatic carbocycles. The summed E-state index contributed by atoms with van der Waals surface area (Å²) >= 11 is 5.93. The Bertz CT molecular complexity index is 700. The van der Waals surface area contributed by atoms with Crippen molar-refractivity contribution in [2.75, 3.05) is 6.61 Å². The molecule has 0 unspecified atom stereocenters. The number of nitro groups is 1. The average molecular weight is 306 g/mol. The van der Waals surface area contributed by atoms with Gasteiger partial charge in [-0.25, -0.2) is 0 Å². The number of halogens is 1. The number of non-ortho nitro benzene ring substituents is 1. The highest BCUT2D eigenvalue weighted by molar-refractivity contribution is 6.34. The Hall–Kier alpha value is -2.40. The monoisotopic (exact) mass is 305 g/mol. The van der Waals surface area contributed by atoms with E-state index in [4.69, 9.17) is 16.3 Å². The molecule has 0 spiro atoms. The molecule has 0 N–H and O–H groups in total. The SMILES string of the molecule is Cc1ccc([N+](=O)[O-])cc1OCC(=O)c1ccccc1Cl. The maximum Gasteiger partial charge on any atom is 0.273 e. The quantitative estimate of drug-likeness (QED) is 0.478. The van der Waals surface area contributed by atoms with E-state index in [0.29, 0.717) is 21.9 Å². The molecule has 0 fully saturated rings. The zero-order chi connectivity index (χ0) is 15.4. The van der Waals surface area contributed by atoms with Crippen LogP contribution in [0.15, 0.2) is 42.5 Å². The molecule has 0 atom stereocenters. The van der Waals surface area contributed by atoms with Crippen LogP contribution in [0.2, 0.25) is 5.02 Å². The standard InChI is InChI=1S/C15H12ClNO4/c1-10-6-7-11(17(19)20)8-15(10)21-9-14(18)12-4-2-3-5-13(12)16/h2-8H,9H2,1H3. The van der Waals surface area contributed by atoms with Crippen LogP contribution in [0.4, 0.5) is 5.69 Å². The van der Waals surface area contributed by atoms with E-state index < -0.39 is 4.92 Å². The Balaban J connectivity index is 2.13. The third-order valence-electron chi connectivity index (χ3n) is 2.92. The average Bonchev–Trinajstić information content (AvgIpc) is 2.46. The maximum atomic E-state index is 12.0. The number of nitrogens with zero attached hydrogens (tertiary/aromatic N) is 1. The first-order chi connectivity index (χ1) is 9.99. The predicted molar refractivity (Wildman–Crippen MR) is 79.1 cm³/mol. The van der Waals surface area contributed by atoms with Crippen molar-refractivity contribution >= 4 is 23.1 Å². The number of hydrogen-bond donors (Lipinski definition) is 0. The van der Waals surface area contributed by atoms with Crippen LogP contribution in [0.1, 0.15) is 15.9 Å². The molecule has 2 aromatic carbocycles. The second-order valence-electron chi connectivity index (χ2n) is 4.40. The minimum Gasteiger partial charge on any atom is -0.485 e. The summed E-state index contributed by atoms with van der Waals surface area (Å²) in [5.74, 6) is 0.0242. The second kappa shape index (κ2) is 6.37. The zero-order valence-corrected chi connectivity index (χ0v) is 12.0. The number of benzene rings is 2. The third kappa shape index (κ3) is 3.58. The van der Waals surface area contributed by atoms with E-state index in [1.165, 1.54) is 12.1 Å². The van der Waals surface area contributed by atoms with E-state index >= 15 is 0 Å². The number of rotatable bonds is 5. The molecule has 2 rings (SSSR count). The van der Waals surface area contributed by atoms with Gasteiger partial charge in [-0.15, -0.1) is 0 Å². The fourth-order valence-corrected chi connectivity index (χ4v) is 2.01. The summed E-state index contributed by atoms with van der Waals surface area (Å²) in [6, 6.07) is 10.9. The molecule has 2 aromatic rings. The summed E-state index contributed by atoms with van der Waals surface area (Å²) in [7, 11) is 0. The van der Waals surface area contributed by atoms with Gasteiger partial charge in [0.05, 0.1) is 16.0 Å². The van der Waals surface area contributed by atoms with Gasteiger partial charge in [0.2, 0.25) is 5.78 Å². The van der Waals surface area contributed by atoms with Crippen LogP contribution in [0.3, 0.4) is 0 Å². The van der Waals surface area contributed by atoms with Gasteiger partial charge in [0, 0.05) is 11.6 Å². The van der Waals surface area contributed by atoms with Crippen LogP contribution in [-0.2, 0) is 0 Å². The minimum absolute atomic E-state index is 0.0826. The number of nitro benzene ring substituents is 1. The highest BCUT2D eigenvalue weighted by atomic mass is 35.5.